The average molecular weight is 377 g/mol. The Morgan fingerprint density at radius 3 is 2.46 bits per heavy atom. The molecule has 3 aromatic carbocycles. The highest BCUT2D eigenvalue weighted by Gasteiger charge is 2.05. The zero-order chi connectivity index (χ0) is 19.8. The molecular weight excluding hydrogens is 358 g/mol. The number of nitrogens with two attached hydrogens (primary N) is 1. The summed E-state index contributed by atoms with van der Waals surface area (Å²) in [4.78, 5) is 22.6. The van der Waals surface area contributed by atoms with Crippen LogP contribution in [0.1, 0.15) is 5.56 Å². The van der Waals surface area contributed by atoms with Crippen LogP contribution >= 0.6 is 0 Å². The minimum atomic E-state index is -0.543. The third kappa shape index (κ3) is 5.31. The molecule has 0 bridgehead atoms. The third-order valence-corrected chi connectivity index (χ3v) is 3.77. The number of primary amides is 1. The minimum Gasteiger partial charge on any atom is -0.484 e. The molecule has 0 radical (unpaired) electrons. The molecule has 0 spiro atoms. The normalized spacial score (nSPS) is 10.7. The molecule has 0 unspecified atom stereocenters. The fraction of sp³-hybridized carbons (Fsp3) is 0.0952. The summed E-state index contributed by atoms with van der Waals surface area (Å²) < 4.78 is 10.8. The van der Waals surface area contributed by atoms with Crippen molar-refractivity contribution in [3.8, 4) is 11.5 Å². The first-order valence-corrected chi connectivity index (χ1v) is 8.55. The maximum absolute atomic E-state index is 11.9. The number of hydrogen-bond donors (Lipinski definition) is 2. The van der Waals surface area contributed by atoms with E-state index in [0.717, 1.165) is 16.3 Å². The van der Waals surface area contributed by atoms with E-state index in [0.29, 0.717) is 11.5 Å². The molecule has 142 valence electrons. The fourth-order valence-electron chi connectivity index (χ4n) is 2.48. The second-order valence-corrected chi connectivity index (χ2v) is 5.88. The van der Waals surface area contributed by atoms with Gasteiger partial charge in [0.2, 0.25) is 0 Å². The lowest BCUT2D eigenvalue weighted by molar-refractivity contribution is -0.123. The van der Waals surface area contributed by atoms with Crippen LogP contribution in [0.15, 0.2) is 71.8 Å². The Kier molecular flexibility index (Phi) is 6.20. The Bertz CT molecular complexity index is 995. The number of nitrogens with zero attached hydrogens (tertiary/aromatic N) is 1. The molecule has 0 aliphatic carbocycles. The van der Waals surface area contributed by atoms with Crippen LogP contribution in [-0.2, 0) is 9.59 Å². The highest BCUT2D eigenvalue weighted by Crippen LogP contribution is 2.24. The molecule has 0 saturated heterocycles. The third-order valence-electron chi connectivity index (χ3n) is 3.77. The number of rotatable bonds is 8. The maximum atomic E-state index is 11.9. The molecule has 0 fully saturated rings. The topological polar surface area (TPSA) is 103 Å². The highest BCUT2D eigenvalue weighted by atomic mass is 16.5. The van der Waals surface area contributed by atoms with Crippen LogP contribution < -0.4 is 20.6 Å². The lowest BCUT2D eigenvalue weighted by Gasteiger charge is -2.08. The van der Waals surface area contributed by atoms with E-state index < -0.39 is 5.91 Å². The van der Waals surface area contributed by atoms with Crippen molar-refractivity contribution in [2.75, 3.05) is 13.2 Å². The van der Waals surface area contributed by atoms with Gasteiger partial charge in [-0.1, -0.05) is 36.4 Å². The van der Waals surface area contributed by atoms with Crippen LogP contribution in [0.2, 0.25) is 0 Å². The maximum Gasteiger partial charge on any atom is 0.277 e. The Morgan fingerprint density at radius 1 is 0.929 bits per heavy atom. The van der Waals surface area contributed by atoms with Crippen molar-refractivity contribution >= 4 is 28.8 Å². The summed E-state index contributed by atoms with van der Waals surface area (Å²) in [5.74, 6) is 0.247. The number of nitrogens with one attached hydrogen (secondary N) is 1. The average Bonchev–Trinajstić information content (AvgIpc) is 2.71. The number of carbonyl (C=O) groups is 2. The zero-order valence-corrected chi connectivity index (χ0v) is 15.0. The number of benzene rings is 3. The van der Waals surface area contributed by atoms with E-state index in [4.69, 9.17) is 15.2 Å². The summed E-state index contributed by atoms with van der Waals surface area (Å²) in [5.41, 5.74) is 8.19. The Balaban J connectivity index is 1.49. The van der Waals surface area contributed by atoms with Gasteiger partial charge in [-0.05, 0) is 41.3 Å². The molecule has 7 heteroatoms. The number of amides is 2. The summed E-state index contributed by atoms with van der Waals surface area (Å²) in [6.07, 6.45) is 1.49. The number of ether oxygens (including phenoxy) is 2. The van der Waals surface area contributed by atoms with Gasteiger partial charge in [-0.15, -0.1) is 0 Å². The SMILES string of the molecule is NC(=O)COc1ccc(/C=N\NC(=O)COc2cccc3ccccc23)cc1. The van der Waals surface area contributed by atoms with Crippen LogP contribution in [0.25, 0.3) is 10.8 Å². The molecular formula is C21H19N3O4. The molecule has 2 amide bonds. The number of hydrogen-bond acceptors (Lipinski definition) is 5. The van der Waals surface area contributed by atoms with Gasteiger partial charge in [0.25, 0.3) is 11.8 Å². The summed E-state index contributed by atoms with van der Waals surface area (Å²) in [6, 6.07) is 20.3. The molecule has 0 aliphatic rings. The molecule has 3 rings (SSSR count). The summed E-state index contributed by atoms with van der Waals surface area (Å²) in [7, 11) is 0. The number of carbonyl (C=O) groups excluding carboxylic acids is 2. The minimum absolute atomic E-state index is 0.148. The van der Waals surface area contributed by atoms with Crippen LogP contribution in [0.3, 0.4) is 0 Å². The molecule has 0 heterocycles. The molecule has 3 N–H and O–H groups in total. The molecule has 0 aliphatic heterocycles. The molecule has 0 saturated carbocycles. The first-order valence-electron chi connectivity index (χ1n) is 8.55. The van der Waals surface area contributed by atoms with Gasteiger partial charge in [0.15, 0.2) is 13.2 Å². The van der Waals surface area contributed by atoms with E-state index in [-0.39, 0.29) is 19.1 Å². The second-order valence-electron chi connectivity index (χ2n) is 5.88. The summed E-state index contributed by atoms with van der Waals surface area (Å²) in [5, 5.41) is 5.89. The summed E-state index contributed by atoms with van der Waals surface area (Å²) in [6.45, 7) is -0.328. The quantitative estimate of drug-likeness (QED) is 0.464. The van der Waals surface area contributed by atoms with E-state index in [9.17, 15) is 9.59 Å². The smallest absolute Gasteiger partial charge is 0.277 e. The first-order chi connectivity index (χ1) is 13.6. The van der Waals surface area contributed by atoms with Crippen LogP contribution in [0, 0.1) is 0 Å². The summed E-state index contributed by atoms with van der Waals surface area (Å²) >= 11 is 0. The van der Waals surface area contributed by atoms with Crippen molar-refractivity contribution in [2.45, 2.75) is 0 Å². The van der Waals surface area contributed by atoms with Crippen molar-refractivity contribution in [1.29, 1.82) is 0 Å². The molecule has 28 heavy (non-hydrogen) atoms. The predicted octanol–water partition coefficient (Wildman–Crippen LogP) is 2.23. The van der Waals surface area contributed by atoms with Gasteiger partial charge < -0.3 is 15.2 Å². The van der Waals surface area contributed by atoms with Crippen LogP contribution in [-0.4, -0.2) is 31.2 Å². The van der Waals surface area contributed by atoms with Gasteiger partial charge in [-0.25, -0.2) is 5.43 Å². The first kappa shape index (κ1) is 18.9. The highest BCUT2D eigenvalue weighted by molar-refractivity contribution is 5.89. The van der Waals surface area contributed by atoms with Crippen molar-refractivity contribution in [2.24, 2.45) is 10.8 Å². The largest absolute Gasteiger partial charge is 0.484 e. The van der Waals surface area contributed by atoms with E-state index >= 15 is 0 Å². The van der Waals surface area contributed by atoms with Crippen molar-refractivity contribution in [3.63, 3.8) is 0 Å². The van der Waals surface area contributed by atoms with E-state index in [1.807, 2.05) is 42.5 Å². The van der Waals surface area contributed by atoms with Gasteiger partial charge in [0.1, 0.15) is 11.5 Å². The Morgan fingerprint density at radius 2 is 1.68 bits per heavy atom. The Hall–Kier alpha value is -3.87. The lowest BCUT2D eigenvalue weighted by atomic mass is 10.1. The standard InChI is InChI=1S/C21H19N3O4/c22-20(25)13-27-17-10-8-15(9-11-17)12-23-24-21(26)14-28-19-7-3-5-16-4-1-2-6-18(16)19/h1-12H,13-14H2,(H2,22,25)(H,24,26)/b23-12-. The van der Waals surface area contributed by atoms with Crippen molar-refractivity contribution < 1.29 is 19.1 Å². The Labute approximate surface area is 161 Å². The molecule has 7 nitrogen and oxygen atoms in total. The van der Waals surface area contributed by atoms with Gasteiger partial charge in [0.05, 0.1) is 6.21 Å². The molecule has 0 atom stereocenters. The van der Waals surface area contributed by atoms with Gasteiger partial charge in [-0.3, -0.25) is 9.59 Å². The lowest BCUT2D eigenvalue weighted by Crippen LogP contribution is -2.24. The van der Waals surface area contributed by atoms with Crippen molar-refractivity contribution in [3.05, 3.63) is 72.3 Å². The van der Waals surface area contributed by atoms with Gasteiger partial charge >= 0.3 is 0 Å². The van der Waals surface area contributed by atoms with E-state index in [2.05, 4.69) is 10.5 Å². The molecule has 3 aromatic rings. The van der Waals surface area contributed by atoms with Gasteiger partial charge in [-0.2, -0.15) is 5.10 Å². The zero-order valence-electron chi connectivity index (χ0n) is 15.0. The van der Waals surface area contributed by atoms with E-state index in [1.165, 1.54) is 6.21 Å². The van der Waals surface area contributed by atoms with Crippen molar-refractivity contribution in [1.82, 2.24) is 5.43 Å². The number of fused-ring (bicyclic) bond motifs is 1. The molecule has 0 aromatic heterocycles. The fourth-order valence-corrected chi connectivity index (χ4v) is 2.48. The predicted molar refractivity (Wildman–Crippen MR) is 106 cm³/mol. The number of hydrazone groups is 1. The van der Waals surface area contributed by atoms with Crippen LogP contribution in [0.5, 0.6) is 11.5 Å². The van der Waals surface area contributed by atoms with Crippen LogP contribution in [0.4, 0.5) is 0 Å². The van der Waals surface area contributed by atoms with Gasteiger partial charge in [0, 0.05) is 5.39 Å². The van der Waals surface area contributed by atoms with E-state index in [1.54, 1.807) is 24.3 Å². The monoisotopic (exact) mass is 377 g/mol. The second kappa shape index (κ2) is 9.18.